The van der Waals surface area contributed by atoms with Gasteiger partial charge in [-0.05, 0) is 85.1 Å². The number of aryl methyl sites for hydroxylation is 2. The quantitative estimate of drug-likeness (QED) is 0.312. The number of hydrogen-bond donors (Lipinski definition) is 2. The molecule has 2 N–H and O–H groups in total. The summed E-state index contributed by atoms with van der Waals surface area (Å²) in [6, 6.07) is 15.7. The number of fused-ring (bicyclic) bond motifs is 8. The number of hydrogen-bond acceptors (Lipinski definition) is 8. The molecule has 0 unspecified atom stereocenters. The van der Waals surface area contributed by atoms with Crippen LogP contribution in [0.3, 0.4) is 0 Å². The molecule has 8 heterocycles. The van der Waals surface area contributed by atoms with E-state index in [1.807, 2.05) is 38.4 Å². The first-order valence-electron chi connectivity index (χ1n) is 13.6. The number of aromatic nitrogens is 4. The van der Waals surface area contributed by atoms with Crippen molar-refractivity contribution in [1.82, 2.24) is 19.9 Å². The molecular formula is C30H31BrN8. The molecule has 4 aliphatic heterocycles. The Morgan fingerprint density at radius 2 is 1.36 bits per heavy atom. The SMILES string of the molecule is Cc1cc(-c2ccc3c(n2)N[C@H]2CCN3C2)ccn1.Cc1cc(-c2nc3c(cc2Br)N2CC[C@@H](C2)N3)ccn1. The van der Waals surface area contributed by atoms with E-state index < -0.39 is 0 Å². The summed E-state index contributed by atoms with van der Waals surface area (Å²) in [4.78, 5) is 22.9. The Morgan fingerprint density at radius 3 is 2.05 bits per heavy atom. The second-order valence-corrected chi connectivity index (χ2v) is 11.6. The third-order valence-corrected chi connectivity index (χ3v) is 8.54. The molecular weight excluding hydrogens is 552 g/mol. The van der Waals surface area contributed by atoms with Gasteiger partial charge in [0.1, 0.15) is 0 Å². The molecule has 8 rings (SSSR count). The van der Waals surface area contributed by atoms with E-state index in [1.54, 1.807) is 0 Å². The normalized spacial score (nSPS) is 19.9. The summed E-state index contributed by atoms with van der Waals surface area (Å²) in [7, 11) is 0. The van der Waals surface area contributed by atoms with Gasteiger partial charge in [0, 0.05) is 77.6 Å². The fraction of sp³-hybridized carbons (Fsp3) is 0.333. The summed E-state index contributed by atoms with van der Waals surface area (Å²) in [5.41, 5.74) is 8.69. The predicted octanol–water partition coefficient (Wildman–Crippen LogP) is 5.67. The van der Waals surface area contributed by atoms with Crippen LogP contribution < -0.4 is 20.4 Å². The van der Waals surface area contributed by atoms with Gasteiger partial charge in [0.15, 0.2) is 11.6 Å². The molecule has 2 fully saturated rings. The van der Waals surface area contributed by atoms with Gasteiger partial charge >= 0.3 is 0 Å². The van der Waals surface area contributed by atoms with Crippen LogP contribution >= 0.6 is 15.9 Å². The Hall–Kier alpha value is -3.72. The molecule has 0 saturated carbocycles. The third-order valence-electron chi connectivity index (χ3n) is 7.93. The van der Waals surface area contributed by atoms with Crippen LogP contribution in [-0.2, 0) is 0 Å². The van der Waals surface area contributed by atoms with Gasteiger partial charge in [0.25, 0.3) is 0 Å². The Morgan fingerprint density at radius 1 is 0.744 bits per heavy atom. The summed E-state index contributed by atoms with van der Waals surface area (Å²) < 4.78 is 1.04. The number of nitrogens with zero attached hydrogens (tertiary/aromatic N) is 6. The molecule has 4 aromatic heterocycles. The topological polar surface area (TPSA) is 82.1 Å². The standard InChI is InChI=1S/C15H15BrN4.C15H16N4/c1-9-6-10(2-4-17-9)14-12(16)7-13-15(19-14)18-11-3-5-20(13)8-11;1-10-8-11(4-6-16-10)13-2-3-14-15(18-13)17-12-5-7-19(14)9-12/h2,4,6-7,11H,3,5,8H2,1H3,(H,18,19);2-4,6,8,12H,5,7,9H2,1H3,(H,17,18)/t11-;12-/m00/s1. The Kier molecular flexibility index (Phi) is 6.11. The minimum Gasteiger partial charge on any atom is -0.366 e. The van der Waals surface area contributed by atoms with E-state index in [2.05, 4.69) is 76.7 Å². The minimum absolute atomic E-state index is 0.545. The van der Waals surface area contributed by atoms with E-state index in [4.69, 9.17) is 9.97 Å². The molecule has 39 heavy (non-hydrogen) atoms. The van der Waals surface area contributed by atoms with Gasteiger partial charge in [-0.25, -0.2) is 9.97 Å². The molecule has 8 nitrogen and oxygen atoms in total. The zero-order valence-electron chi connectivity index (χ0n) is 22.2. The van der Waals surface area contributed by atoms with E-state index in [-0.39, 0.29) is 0 Å². The highest BCUT2D eigenvalue weighted by molar-refractivity contribution is 9.10. The maximum absolute atomic E-state index is 4.84. The zero-order chi connectivity index (χ0) is 26.5. The van der Waals surface area contributed by atoms with Gasteiger partial charge in [0.2, 0.25) is 0 Å². The van der Waals surface area contributed by atoms with E-state index >= 15 is 0 Å². The van der Waals surface area contributed by atoms with Crippen molar-refractivity contribution in [1.29, 1.82) is 0 Å². The molecule has 2 atom stereocenters. The van der Waals surface area contributed by atoms with Crippen LogP contribution in [0.1, 0.15) is 24.2 Å². The molecule has 4 aromatic rings. The molecule has 0 radical (unpaired) electrons. The molecule has 9 heteroatoms. The van der Waals surface area contributed by atoms with Gasteiger partial charge in [-0.1, -0.05) is 0 Å². The molecule has 0 spiro atoms. The summed E-state index contributed by atoms with van der Waals surface area (Å²) in [5.74, 6) is 2.03. The van der Waals surface area contributed by atoms with E-state index in [9.17, 15) is 0 Å². The number of halogens is 1. The van der Waals surface area contributed by atoms with Crippen LogP contribution in [0.4, 0.5) is 23.0 Å². The summed E-state index contributed by atoms with van der Waals surface area (Å²) in [6.07, 6.45) is 6.07. The molecule has 0 aliphatic carbocycles. The molecule has 0 amide bonds. The van der Waals surface area contributed by atoms with Crippen molar-refractivity contribution in [3.8, 4) is 22.5 Å². The fourth-order valence-electron chi connectivity index (χ4n) is 5.98. The van der Waals surface area contributed by atoms with Gasteiger partial charge in [-0.2, -0.15) is 0 Å². The van der Waals surface area contributed by atoms with Gasteiger partial charge in [-0.3, -0.25) is 9.97 Å². The van der Waals surface area contributed by atoms with Crippen molar-refractivity contribution in [3.05, 3.63) is 70.7 Å². The number of rotatable bonds is 2. The van der Waals surface area contributed by atoms with Crippen molar-refractivity contribution in [2.24, 2.45) is 0 Å². The number of pyridine rings is 4. The molecule has 198 valence electrons. The van der Waals surface area contributed by atoms with Crippen molar-refractivity contribution in [2.75, 3.05) is 46.6 Å². The first-order chi connectivity index (χ1) is 19.0. The lowest BCUT2D eigenvalue weighted by atomic mass is 10.1. The highest BCUT2D eigenvalue weighted by Gasteiger charge is 2.32. The zero-order valence-corrected chi connectivity index (χ0v) is 23.7. The Bertz CT molecular complexity index is 1560. The van der Waals surface area contributed by atoms with Crippen LogP contribution in [0.2, 0.25) is 0 Å². The number of anilines is 4. The molecule has 4 bridgehead atoms. The van der Waals surface area contributed by atoms with Crippen molar-refractivity contribution in [2.45, 2.75) is 38.8 Å². The fourth-order valence-corrected chi connectivity index (χ4v) is 6.52. The van der Waals surface area contributed by atoms with Gasteiger partial charge in [0.05, 0.1) is 22.8 Å². The van der Waals surface area contributed by atoms with Crippen molar-refractivity contribution < 1.29 is 0 Å². The first-order valence-corrected chi connectivity index (χ1v) is 14.4. The van der Waals surface area contributed by atoms with Crippen molar-refractivity contribution in [3.63, 3.8) is 0 Å². The maximum atomic E-state index is 4.84. The molecule has 4 aliphatic rings. The van der Waals surface area contributed by atoms with Crippen LogP contribution in [0.25, 0.3) is 22.5 Å². The summed E-state index contributed by atoms with van der Waals surface area (Å²) >= 11 is 3.67. The lowest BCUT2D eigenvalue weighted by Gasteiger charge is -2.28. The first kappa shape index (κ1) is 24.3. The van der Waals surface area contributed by atoms with Crippen LogP contribution in [-0.4, -0.2) is 58.2 Å². The maximum Gasteiger partial charge on any atom is 0.150 e. The Labute approximate surface area is 237 Å². The van der Waals surface area contributed by atoms with Crippen molar-refractivity contribution >= 4 is 38.9 Å². The molecule has 2 saturated heterocycles. The highest BCUT2D eigenvalue weighted by atomic mass is 79.9. The average Bonchev–Trinajstić information content (AvgIpc) is 3.52. The second kappa shape index (κ2) is 9.79. The highest BCUT2D eigenvalue weighted by Crippen LogP contribution is 2.40. The monoisotopic (exact) mass is 582 g/mol. The van der Waals surface area contributed by atoms with E-state index in [0.717, 1.165) is 76.2 Å². The number of nitrogens with one attached hydrogen (secondary N) is 2. The summed E-state index contributed by atoms with van der Waals surface area (Å²) in [6.45, 7) is 8.47. The lowest BCUT2D eigenvalue weighted by molar-refractivity contribution is 0.788. The van der Waals surface area contributed by atoms with E-state index in [1.165, 1.54) is 24.2 Å². The lowest BCUT2D eigenvalue weighted by Crippen LogP contribution is -2.32. The average molecular weight is 584 g/mol. The van der Waals surface area contributed by atoms with Gasteiger partial charge < -0.3 is 20.4 Å². The van der Waals surface area contributed by atoms with Crippen LogP contribution in [0, 0.1) is 13.8 Å². The minimum atomic E-state index is 0.545. The largest absolute Gasteiger partial charge is 0.366 e. The molecule has 0 aromatic carbocycles. The third kappa shape index (κ3) is 4.69. The summed E-state index contributed by atoms with van der Waals surface area (Å²) in [5, 5.41) is 7.10. The van der Waals surface area contributed by atoms with Crippen LogP contribution in [0.5, 0.6) is 0 Å². The Balaban J connectivity index is 0.000000130. The van der Waals surface area contributed by atoms with Gasteiger partial charge in [-0.15, -0.1) is 0 Å². The van der Waals surface area contributed by atoms with E-state index in [0.29, 0.717) is 12.1 Å². The predicted molar refractivity (Wildman–Crippen MR) is 161 cm³/mol. The van der Waals surface area contributed by atoms with Crippen LogP contribution in [0.15, 0.2) is 59.3 Å². The smallest absolute Gasteiger partial charge is 0.150 e. The second-order valence-electron chi connectivity index (χ2n) is 10.8.